The van der Waals surface area contributed by atoms with Gasteiger partial charge in [0.1, 0.15) is 17.3 Å². The van der Waals surface area contributed by atoms with E-state index in [0.717, 1.165) is 17.7 Å². The summed E-state index contributed by atoms with van der Waals surface area (Å²) in [6.07, 6.45) is 1.60. The first kappa shape index (κ1) is 24.4. The van der Waals surface area contributed by atoms with E-state index in [-0.39, 0.29) is 11.3 Å². The van der Waals surface area contributed by atoms with E-state index < -0.39 is 17.7 Å². The molecule has 1 unspecified atom stereocenters. The van der Waals surface area contributed by atoms with E-state index in [1.165, 1.54) is 4.90 Å². The van der Waals surface area contributed by atoms with Crippen molar-refractivity contribution in [3.8, 4) is 11.5 Å². The quantitative estimate of drug-likeness (QED) is 0.300. The van der Waals surface area contributed by atoms with Crippen LogP contribution >= 0.6 is 0 Å². The molecule has 0 bridgehead atoms. The van der Waals surface area contributed by atoms with Gasteiger partial charge in [0.2, 0.25) is 0 Å². The zero-order valence-electron chi connectivity index (χ0n) is 19.8. The second-order valence-corrected chi connectivity index (χ2v) is 8.64. The van der Waals surface area contributed by atoms with Crippen LogP contribution in [0.15, 0.2) is 54.1 Å². The van der Waals surface area contributed by atoms with Crippen molar-refractivity contribution in [3.05, 3.63) is 65.2 Å². The standard InChI is InChI=1S/C27H33NO5/c1-5-15-28-24(19-7-11-21(12-8-19)32-16-6-2)23(26(30)27(28)31)25(29)20-9-13-22(14-10-20)33-17-18(3)4/h7-14,18,24,29H,5-6,15-17H2,1-4H3/b25-23-. The summed E-state index contributed by atoms with van der Waals surface area (Å²) in [7, 11) is 0. The van der Waals surface area contributed by atoms with Crippen molar-refractivity contribution in [2.24, 2.45) is 5.92 Å². The van der Waals surface area contributed by atoms with Gasteiger partial charge in [-0.3, -0.25) is 9.59 Å². The first-order chi connectivity index (χ1) is 15.9. The summed E-state index contributed by atoms with van der Waals surface area (Å²) in [4.78, 5) is 27.3. The summed E-state index contributed by atoms with van der Waals surface area (Å²) in [5.41, 5.74) is 1.32. The molecule has 0 saturated carbocycles. The lowest BCUT2D eigenvalue weighted by atomic mass is 9.95. The molecule has 176 valence electrons. The third-order valence-corrected chi connectivity index (χ3v) is 5.38. The fourth-order valence-corrected chi connectivity index (χ4v) is 3.79. The maximum Gasteiger partial charge on any atom is 0.295 e. The number of nitrogens with zero attached hydrogens (tertiary/aromatic N) is 1. The molecule has 1 aliphatic heterocycles. The van der Waals surface area contributed by atoms with Crippen molar-refractivity contribution < 1.29 is 24.2 Å². The monoisotopic (exact) mass is 451 g/mol. The summed E-state index contributed by atoms with van der Waals surface area (Å²) >= 11 is 0. The van der Waals surface area contributed by atoms with Gasteiger partial charge in [0, 0.05) is 12.1 Å². The summed E-state index contributed by atoms with van der Waals surface area (Å²) < 4.78 is 11.4. The summed E-state index contributed by atoms with van der Waals surface area (Å²) in [6.45, 7) is 9.75. The van der Waals surface area contributed by atoms with Crippen LogP contribution in [0.4, 0.5) is 0 Å². The van der Waals surface area contributed by atoms with Crippen LogP contribution in [0.2, 0.25) is 0 Å². The molecule has 33 heavy (non-hydrogen) atoms. The van der Waals surface area contributed by atoms with Crippen molar-refractivity contribution in [2.75, 3.05) is 19.8 Å². The third-order valence-electron chi connectivity index (χ3n) is 5.38. The van der Waals surface area contributed by atoms with Gasteiger partial charge in [-0.1, -0.05) is 39.8 Å². The fourth-order valence-electron chi connectivity index (χ4n) is 3.79. The number of ether oxygens (including phenoxy) is 2. The molecule has 0 aromatic heterocycles. The lowest BCUT2D eigenvalue weighted by Crippen LogP contribution is -2.30. The summed E-state index contributed by atoms with van der Waals surface area (Å²) in [6, 6.07) is 13.6. The van der Waals surface area contributed by atoms with Gasteiger partial charge in [0.05, 0.1) is 24.8 Å². The number of rotatable bonds is 10. The summed E-state index contributed by atoms with van der Waals surface area (Å²) in [5, 5.41) is 11.1. The minimum Gasteiger partial charge on any atom is -0.507 e. The molecule has 6 nitrogen and oxygen atoms in total. The zero-order valence-corrected chi connectivity index (χ0v) is 19.8. The fraction of sp³-hybridized carbons (Fsp3) is 0.407. The smallest absolute Gasteiger partial charge is 0.295 e. The molecule has 1 atom stereocenters. The molecule has 1 N–H and O–H groups in total. The Bertz CT molecular complexity index is 992. The molecule has 0 spiro atoms. The highest BCUT2D eigenvalue weighted by Gasteiger charge is 2.45. The van der Waals surface area contributed by atoms with Gasteiger partial charge in [-0.15, -0.1) is 0 Å². The Labute approximate surface area is 195 Å². The van der Waals surface area contributed by atoms with Gasteiger partial charge in [0.25, 0.3) is 11.7 Å². The number of aliphatic hydroxyl groups is 1. The molecule has 2 aromatic carbocycles. The molecule has 1 amide bonds. The van der Waals surface area contributed by atoms with Crippen LogP contribution in [0.5, 0.6) is 11.5 Å². The molecule has 6 heteroatoms. The second-order valence-electron chi connectivity index (χ2n) is 8.64. The number of amides is 1. The highest BCUT2D eigenvalue weighted by Crippen LogP contribution is 2.40. The Hall–Kier alpha value is -3.28. The van der Waals surface area contributed by atoms with Crippen molar-refractivity contribution in [2.45, 2.75) is 46.6 Å². The predicted octanol–water partition coefficient (Wildman–Crippen LogP) is 5.34. The molecule has 2 aromatic rings. The highest BCUT2D eigenvalue weighted by atomic mass is 16.5. The minimum atomic E-state index is -0.669. The normalized spacial score (nSPS) is 17.6. The topological polar surface area (TPSA) is 76.1 Å². The number of hydrogen-bond donors (Lipinski definition) is 1. The number of benzene rings is 2. The zero-order chi connectivity index (χ0) is 24.0. The van der Waals surface area contributed by atoms with Crippen LogP contribution in [0.1, 0.15) is 57.7 Å². The Kier molecular flexibility index (Phi) is 8.15. The molecular formula is C27H33NO5. The van der Waals surface area contributed by atoms with Crippen molar-refractivity contribution in [1.29, 1.82) is 0 Å². The molecule has 1 heterocycles. The van der Waals surface area contributed by atoms with Gasteiger partial charge < -0.3 is 19.5 Å². The summed E-state index contributed by atoms with van der Waals surface area (Å²) in [5.74, 6) is 0.366. The Morgan fingerprint density at radius 1 is 0.939 bits per heavy atom. The lowest BCUT2D eigenvalue weighted by Gasteiger charge is -2.25. The second kappa shape index (κ2) is 11.0. The largest absolute Gasteiger partial charge is 0.507 e. The molecule has 0 aliphatic carbocycles. The van der Waals surface area contributed by atoms with E-state index in [1.807, 2.05) is 38.1 Å². The SMILES string of the molecule is CCCOc1ccc(C2/C(=C(/O)c3ccc(OCC(C)C)cc3)C(=O)C(=O)N2CCC)cc1. The molecule has 1 aliphatic rings. The predicted molar refractivity (Wildman–Crippen MR) is 128 cm³/mol. The highest BCUT2D eigenvalue weighted by molar-refractivity contribution is 6.46. The maximum atomic E-state index is 13.0. The van der Waals surface area contributed by atoms with Gasteiger partial charge in [-0.25, -0.2) is 0 Å². The van der Waals surface area contributed by atoms with E-state index in [1.54, 1.807) is 24.3 Å². The Balaban J connectivity index is 1.98. The van der Waals surface area contributed by atoms with Gasteiger partial charge >= 0.3 is 0 Å². The first-order valence-electron chi connectivity index (χ1n) is 11.6. The first-order valence-corrected chi connectivity index (χ1v) is 11.6. The Morgan fingerprint density at radius 2 is 1.55 bits per heavy atom. The van der Waals surface area contributed by atoms with Crippen LogP contribution in [-0.4, -0.2) is 41.5 Å². The Morgan fingerprint density at radius 3 is 2.12 bits per heavy atom. The van der Waals surface area contributed by atoms with Crippen LogP contribution < -0.4 is 9.47 Å². The van der Waals surface area contributed by atoms with E-state index in [0.29, 0.717) is 43.4 Å². The molecule has 0 radical (unpaired) electrons. The van der Waals surface area contributed by atoms with E-state index in [2.05, 4.69) is 13.8 Å². The van der Waals surface area contributed by atoms with E-state index in [4.69, 9.17) is 9.47 Å². The van der Waals surface area contributed by atoms with Crippen molar-refractivity contribution in [3.63, 3.8) is 0 Å². The van der Waals surface area contributed by atoms with Gasteiger partial charge in [0.15, 0.2) is 0 Å². The number of carbonyl (C=O) groups is 2. The number of carbonyl (C=O) groups excluding carboxylic acids is 2. The van der Waals surface area contributed by atoms with Crippen LogP contribution in [-0.2, 0) is 9.59 Å². The number of likely N-dealkylation sites (tertiary alicyclic amines) is 1. The molecular weight excluding hydrogens is 418 g/mol. The average molecular weight is 452 g/mol. The minimum absolute atomic E-state index is 0.103. The lowest BCUT2D eigenvalue weighted by molar-refractivity contribution is -0.139. The van der Waals surface area contributed by atoms with E-state index >= 15 is 0 Å². The average Bonchev–Trinajstić information content (AvgIpc) is 3.07. The van der Waals surface area contributed by atoms with Gasteiger partial charge in [-0.05, 0) is 60.7 Å². The number of aliphatic hydroxyl groups excluding tert-OH is 1. The maximum absolute atomic E-state index is 13.0. The molecule has 1 saturated heterocycles. The number of Topliss-reactive ketones (excluding diaryl/α,β-unsaturated/α-hetero) is 1. The third kappa shape index (κ3) is 5.56. The van der Waals surface area contributed by atoms with Crippen LogP contribution in [0.25, 0.3) is 5.76 Å². The number of ketones is 1. The molecule has 1 fully saturated rings. The van der Waals surface area contributed by atoms with Crippen LogP contribution in [0, 0.1) is 5.92 Å². The number of hydrogen-bond acceptors (Lipinski definition) is 5. The molecule has 3 rings (SSSR count). The van der Waals surface area contributed by atoms with Crippen molar-refractivity contribution in [1.82, 2.24) is 4.90 Å². The van der Waals surface area contributed by atoms with Gasteiger partial charge in [-0.2, -0.15) is 0 Å². The van der Waals surface area contributed by atoms with Crippen molar-refractivity contribution >= 4 is 17.4 Å². The van der Waals surface area contributed by atoms with E-state index in [9.17, 15) is 14.7 Å². The van der Waals surface area contributed by atoms with Crippen LogP contribution in [0.3, 0.4) is 0 Å².